The Morgan fingerprint density at radius 3 is 2.16 bits per heavy atom. The molecule has 3 unspecified atom stereocenters. The number of nitrogen functional groups attached to an aromatic ring is 1. The zero-order chi connectivity index (χ0) is 51.1. The van der Waals surface area contributed by atoms with Crippen LogP contribution in [0.15, 0.2) is 61.3 Å². The van der Waals surface area contributed by atoms with Gasteiger partial charge in [0.2, 0.25) is 11.8 Å². The molecule has 24 nitrogen and oxygen atoms in total. The van der Waals surface area contributed by atoms with E-state index in [1.807, 2.05) is 0 Å². The summed E-state index contributed by atoms with van der Waals surface area (Å²) >= 11 is 1.11. The van der Waals surface area contributed by atoms with Crippen LogP contribution < -0.4 is 40.1 Å². The molecule has 0 radical (unpaired) electrons. The number of carbonyl (C=O) groups excluding carboxylic acids is 3. The van der Waals surface area contributed by atoms with Gasteiger partial charge in [0.05, 0.1) is 19.5 Å². The minimum atomic E-state index is -5.60. The number of aliphatic hydroxyl groups is 2. The number of rotatable bonds is 33. The van der Waals surface area contributed by atoms with Crippen LogP contribution >= 0.6 is 35.2 Å². The van der Waals surface area contributed by atoms with Crippen molar-refractivity contribution in [1.82, 2.24) is 30.2 Å². The third-order valence-corrected chi connectivity index (χ3v) is 14.0. The number of anilines is 1. The molecule has 2 aromatic heterocycles. The van der Waals surface area contributed by atoms with Gasteiger partial charge in [-0.1, -0.05) is 94.0 Å². The van der Waals surface area contributed by atoms with Gasteiger partial charge in [-0.15, -0.1) is 0 Å². The molecule has 1 fully saturated rings. The molecular weight excluding hydrogens is 994 g/mol. The number of unbranched alkanes of at least 4 members (excludes halogenated alkanes) is 4. The summed E-state index contributed by atoms with van der Waals surface area (Å²) in [5.74, 6) is -1.11. The van der Waals surface area contributed by atoms with Crippen molar-refractivity contribution in [3.05, 3.63) is 61.3 Å². The Bertz CT molecular complexity index is 2230. The van der Waals surface area contributed by atoms with E-state index in [0.717, 1.165) is 61.1 Å². The van der Waals surface area contributed by atoms with E-state index in [9.17, 15) is 57.9 Å². The molecule has 9 N–H and O–H groups in total. The van der Waals surface area contributed by atoms with Crippen LogP contribution in [0.1, 0.15) is 97.6 Å². The zero-order valence-corrected chi connectivity index (χ0v) is 43.2. The summed E-state index contributed by atoms with van der Waals surface area (Å²) in [5, 5.41) is 26.5. The molecule has 0 bridgehead atoms. The summed E-state index contributed by atoms with van der Waals surface area (Å²) in [6.07, 6.45) is 19.5. The van der Waals surface area contributed by atoms with Crippen molar-refractivity contribution in [2.45, 2.75) is 122 Å². The third kappa shape index (κ3) is 23.8. The number of phosphoric ester groups is 3. The van der Waals surface area contributed by atoms with Crippen LogP contribution in [0.25, 0.3) is 11.2 Å². The molecule has 8 atom stereocenters. The quantitative estimate of drug-likeness (QED) is 0.0215. The van der Waals surface area contributed by atoms with Crippen molar-refractivity contribution in [2.24, 2.45) is 5.41 Å². The number of thioether (sulfide) groups is 1. The summed E-state index contributed by atoms with van der Waals surface area (Å²) in [6.45, 7) is 2.66. The van der Waals surface area contributed by atoms with Crippen molar-refractivity contribution in [3.8, 4) is 0 Å². The molecule has 2 aromatic rings. The molecule has 29 heteroatoms. The number of nitrogens with one attached hydrogen (secondary N) is 2. The Morgan fingerprint density at radius 2 is 1.53 bits per heavy atom. The topological polar surface area (TPSA) is 366 Å². The predicted molar refractivity (Wildman–Crippen MR) is 253 cm³/mol. The average molecular weight is 1060 g/mol. The van der Waals surface area contributed by atoms with Crippen molar-refractivity contribution >= 4 is 69.1 Å². The van der Waals surface area contributed by atoms with E-state index >= 15 is 0 Å². The smallest absolute Gasteiger partial charge is 0.756 e. The zero-order valence-electron chi connectivity index (χ0n) is 39.7. The van der Waals surface area contributed by atoms with E-state index in [2.05, 4.69) is 90.0 Å². The Morgan fingerprint density at radius 1 is 0.914 bits per heavy atom. The molecule has 0 saturated carbocycles. The first-order chi connectivity index (χ1) is 32.6. The number of allylic oxidation sites excluding steroid dienone is 8. The van der Waals surface area contributed by atoms with E-state index < -0.39 is 84.6 Å². The number of ether oxygens (including phenoxy) is 1. The standard InChI is InChI=1S/C41H66N7O17P3S.Li/c1-4-5-6-7-8-9-10-11-12-13-14-15-16-17-18-19-20-21-32(50)69-25-24-43-31(49)22-23-44-39(53)36(52)41(2,3)27-62-68(59,60)65-67(57,58)61-26-30-35(64-66(54,55)56)34(51)40(63-30)48-29-47-33-37(42)45-28-46-38(33)48;/h8-9,11-12,14-15,17-18,28-30,34-36,40,51-52H,4-7,10,13,16,19-27H2,1-3H3,(H,43,49)(H,44,53)(H,57,58)(H,59,60)(H2,42,45,46)(H2,54,55,56);/q;+1/p-1/t30-,34-,35-,36+,40-;/m1./s1. The first-order valence-corrected chi connectivity index (χ1v) is 27.7. The second kappa shape index (κ2) is 31.6. The Labute approximate surface area is 423 Å². The summed E-state index contributed by atoms with van der Waals surface area (Å²) in [6, 6.07) is 0. The number of nitrogens with two attached hydrogens (primary N) is 1. The molecule has 2 amide bonds. The van der Waals surface area contributed by atoms with Gasteiger partial charge in [0, 0.05) is 37.1 Å². The van der Waals surface area contributed by atoms with E-state index in [1.165, 1.54) is 33.1 Å². The average Bonchev–Trinajstić information content (AvgIpc) is 3.84. The van der Waals surface area contributed by atoms with E-state index in [0.29, 0.717) is 18.6 Å². The van der Waals surface area contributed by atoms with Crippen LogP contribution in [0.4, 0.5) is 5.82 Å². The fraction of sp³-hybridized carbons (Fsp3) is 0.610. The maximum absolute atomic E-state index is 12.7. The molecule has 3 heterocycles. The van der Waals surface area contributed by atoms with Crippen LogP contribution in [-0.4, -0.2) is 118 Å². The van der Waals surface area contributed by atoms with Gasteiger partial charge in [-0.2, -0.15) is 4.31 Å². The molecule has 1 aliphatic rings. The van der Waals surface area contributed by atoms with E-state index in [1.54, 1.807) is 0 Å². The number of amides is 2. The molecule has 0 aromatic carbocycles. The molecule has 0 aliphatic carbocycles. The van der Waals surface area contributed by atoms with E-state index in [4.69, 9.17) is 19.5 Å². The van der Waals surface area contributed by atoms with Gasteiger partial charge in [0.25, 0.3) is 7.82 Å². The number of phosphoric acid groups is 3. The van der Waals surface area contributed by atoms with Crippen molar-refractivity contribution in [2.75, 3.05) is 37.8 Å². The second-order valence-corrected chi connectivity index (χ2v) is 21.6. The molecule has 388 valence electrons. The third-order valence-electron chi connectivity index (χ3n) is 9.97. The monoisotopic (exact) mass is 1060 g/mol. The predicted octanol–water partition coefficient (Wildman–Crippen LogP) is 1.18. The number of carbonyl (C=O) groups is 3. The number of imidazole rings is 1. The first kappa shape index (κ1) is 63.2. The number of hydrogen-bond donors (Lipinski definition) is 8. The number of hydrogen-bond acceptors (Lipinski definition) is 19. The summed E-state index contributed by atoms with van der Waals surface area (Å²) in [7, 11) is -16.7. The maximum atomic E-state index is 12.7. The van der Waals surface area contributed by atoms with Gasteiger partial charge in [0.15, 0.2) is 22.8 Å². The van der Waals surface area contributed by atoms with Crippen molar-refractivity contribution in [1.29, 1.82) is 0 Å². The molecule has 1 aliphatic heterocycles. The van der Waals surface area contributed by atoms with Gasteiger partial charge in [-0.05, 0) is 44.9 Å². The Hall–Kier alpha value is -2.88. The summed E-state index contributed by atoms with van der Waals surface area (Å²) in [5.41, 5.74) is 4.23. The molecular formula is C41H65LiN7O17P3S. The molecule has 3 rings (SSSR count). The van der Waals surface area contributed by atoms with Crippen LogP contribution in [0.5, 0.6) is 0 Å². The summed E-state index contributed by atoms with van der Waals surface area (Å²) in [4.78, 5) is 90.3. The Kier molecular flexibility index (Phi) is 28.6. The van der Waals surface area contributed by atoms with Crippen molar-refractivity contribution < 1.29 is 99.3 Å². The SMILES string of the molecule is CCCCCC=CCC=CCC=CCC=CCCCC(=O)SCCNC(=O)CCNC(=O)[C@H](O)C(C)(C)COP(=O)(O)OP(=O)(O)OC[C@H]1O[C@@H](n2cnc3c(N)ncnc32)[C@H](O)[C@@H]1OP(=O)([O-])O.[Li+]. The van der Waals surface area contributed by atoms with Crippen LogP contribution in [0.3, 0.4) is 0 Å². The summed E-state index contributed by atoms with van der Waals surface area (Å²) < 4.78 is 62.1. The molecule has 70 heavy (non-hydrogen) atoms. The normalized spacial score (nSPS) is 20.7. The fourth-order valence-electron chi connectivity index (χ4n) is 6.29. The second-order valence-electron chi connectivity index (χ2n) is 16.2. The fourth-order valence-corrected chi connectivity index (χ4v) is 9.83. The van der Waals surface area contributed by atoms with Crippen LogP contribution in [-0.2, 0) is 50.7 Å². The minimum absolute atomic E-state index is 0. The number of fused-ring (bicyclic) bond motifs is 1. The first-order valence-electron chi connectivity index (χ1n) is 22.2. The number of aromatic nitrogens is 4. The number of aliphatic hydroxyl groups excluding tert-OH is 2. The largest absolute Gasteiger partial charge is 1.00 e. The molecule has 0 spiro atoms. The van der Waals surface area contributed by atoms with Gasteiger partial charge in [-0.3, -0.25) is 32.6 Å². The van der Waals surface area contributed by atoms with Gasteiger partial charge >= 0.3 is 34.5 Å². The van der Waals surface area contributed by atoms with Gasteiger partial charge in [-0.25, -0.2) is 24.1 Å². The van der Waals surface area contributed by atoms with E-state index in [-0.39, 0.29) is 60.5 Å². The van der Waals surface area contributed by atoms with Gasteiger partial charge < -0.3 is 55.4 Å². The Balaban J connectivity index is 0.0000168. The number of nitrogens with zero attached hydrogens (tertiary/aromatic N) is 4. The minimum Gasteiger partial charge on any atom is -0.756 e. The maximum Gasteiger partial charge on any atom is 1.00 e. The van der Waals surface area contributed by atoms with Gasteiger partial charge in [0.1, 0.15) is 36.3 Å². The van der Waals surface area contributed by atoms with Crippen molar-refractivity contribution in [3.63, 3.8) is 0 Å². The molecule has 1 saturated heterocycles. The van der Waals surface area contributed by atoms with Crippen LogP contribution in [0.2, 0.25) is 0 Å². The van der Waals surface area contributed by atoms with Crippen LogP contribution in [0, 0.1) is 5.41 Å².